The second-order valence-electron chi connectivity index (χ2n) is 3.91. The summed E-state index contributed by atoms with van der Waals surface area (Å²) in [4.78, 5) is 12.9. The molecule has 0 spiro atoms. The van der Waals surface area contributed by atoms with Gasteiger partial charge in [0.1, 0.15) is 5.58 Å². The first kappa shape index (κ1) is 10.5. The van der Waals surface area contributed by atoms with Crippen molar-refractivity contribution in [3.63, 3.8) is 0 Å². The Morgan fingerprint density at radius 2 is 2.06 bits per heavy atom. The van der Waals surface area contributed by atoms with E-state index in [9.17, 15) is 4.79 Å². The fourth-order valence-corrected chi connectivity index (χ4v) is 1.86. The highest BCUT2D eigenvalue weighted by molar-refractivity contribution is 6.00. The van der Waals surface area contributed by atoms with E-state index in [1.807, 2.05) is 31.1 Å². The number of hydrogen-bond acceptors (Lipinski definition) is 3. The van der Waals surface area contributed by atoms with E-state index in [0.29, 0.717) is 11.1 Å². The van der Waals surface area contributed by atoms with Gasteiger partial charge in [0.25, 0.3) is 0 Å². The molecular weight excluding hydrogens is 206 g/mol. The monoisotopic (exact) mass is 219 g/mol. The van der Waals surface area contributed by atoms with E-state index in [1.54, 1.807) is 13.0 Å². The highest BCUT2D eigenvalue weighted by atomic mass is 16.4. The first-order valence-corrected chi connectivity index (χ1v) is 4.95. The van der Waals surface area contributed by atoms with Crippen LogP contribution in [0.15, 0.2) is 22.6 Å². The van der Waals surface area contributed by atoms with Gasteiger partial charge in [-0.25, -0.2) is 4.79 Å². The molecule has 0 saturated carbocycles. The molecule has 4 heteroatoms. The fraction of sp³-hybridized carbons (Fsp3) is 0.250. The smallest absolute Gasteiger partial charge is 0.372 e. The van der Waals surface area contributed by atoms with Crippen molar-refractivity contribution in [2.24, 2.45) is 0 Å². The lowest BCUT2D eigenvalue weighted by Crippen LogP contribution is -2.08. The summed E-state index contributed by atoms with van der Waals surface area (Å²) in [5.74, 6) is -1.01. The Balaban J connectivity index is 2.82. The lowest BCUT2D eigenvalue weighted by atomic mass is 10.1. The zero-order chi connectivity index (χ0) is 11.9. The summed E-state index contributed by atoms with van der Waals surface area (Å²) in [6.45, 7) is 1.77. The number of anilines is 1. The Kier molecular flexibility index (Phi) is 2.34. The summed E-state index contributed by atoms with van der Waals surface area (Å²) in [5.41, 5.74) is 2.25. The van der Waals surface area contributed by atoms with E-state index in [4.69, 9.17) is 9.52 Å². The Labute approximate surface area is 93.1 Å². The van der Waals surface area contributed by atoms with E-state index < -0.39 is 5.97 Å². The van der Waals surface area contributed by atoms with Gasteiger partial charge in [0, 0.05) is 30.7 Å². The van der Waals surface area contributed by atoms with Crippen LogP contribution in [0.5, 0.6) is 0 Å². The third-order valence-electron chi connectivity index (χ3n) is 2.61. The molecule has 1 heterocycles. The van der Waals surface area contributed by atoms with Crippen molar-refractivity contribution in [2.75, 3.05) is 19.0 Å². The maximum Gasteiger partial charge on any atom is 0.372 e. The number of nitrogens with zero attached hydrogens (tertiary/aromatic N) is 1. The molecule has 0 unspecified atom stereocenters. The molecule has 0 bridgehead atoms. The van der Waals surface area contributed by atoms with Crippen molar-refractivity contribution in [1.29, 1.82) is 0 Å². The molecule has 0 aliphatic rings. The number of benzene rings is 1. The summed E-state index contributed by atoms with van der Waals surface area (Å²) in [5, 5.41) is 9.85. The second kappa shape index (κ2) is 3.56. The van der Waals surface area contributed by atoms with E-state index >= 15 is 0 Å². The number of hydrogen-bond donors (Lipinski definition) is 1. The summed E-state index contributed by atoms with van der Waals surface area (Å²) in [6, 6.07) is 5.57. The molecular formula is C12H13NO3. The van der Waals surface area contributed by atoms with Crippen molar-refractivity contribution < 1.29 is 14.3 Å². The van der Waals surface area contributed by atoms with Gasteiger partial charge < -0.3 is 14.4 Å². The minimum atomic E-state index is -1.03. The zero-order valence-electron chi connectivity index (χ0n) is 9.44. The van der Waals surface area contributed by atoms with Crippen molar-refractivity contribution in [3.05, 3.63) is 29.5 Å². The molecule has 0 radical (unpaired) electrons. The van der Waals surface area contributed by atoms with Crippen LogP contribution in [0, 0.1) is 6.92 Å². The predicted molar refractivity (Wildman–Crippen MR) is 62.2 cm³/mol. The van der Waals surface area contributed by atoms with Gasteiger partial charge >= 0.3 is 5.97 Å². The molecule has 0 aliphatic heterocycles. The van der Waals surface area contributed by atoms with Crippen LogP contribution in [0.2, 0.25) is 0 Å². The molecule has 16 heavy (non-hydrogen) atoms. The zero-order valence-corrected chi connectivity index (χ0v) is 9.44. The quantitative estimate of drug-likeness (QED) is 0.843. The fourth-order valence-electron chi connectivity index (χ4n) is 1.86. The molecule has 0 amide bonds. The number of carboxylic acids is 1. The number of carboxylic acid groups (broad SMARTS) is 1. The van der Waals surface area contributed by atoms with Crippen LogP contribution in [0.25, 0.3) is 11.0 Å². The molecule has 2 aromatic rings. The maximum absolute atomic E-state index is 11.0. The molecule has 1 N–H and O–H groups in total. The highest BCUT2D eigenvalue weighted by Gasteiger charge is 2.19. The number of furan rings is 1. The molecule has 4 nitrogen and oxygen atoms in total. The number of aryl methyl sites for hydroxylation is 1. The highest BCUT2D eigenvalue weighted by Crippen LogP contribution is 2.32. The van der Waals surface area contributed by atoms with Crippen molar-refractivity contribution >= 4 is 22.6 Å². The number of aromatic carboxylic acids is 1. The lowest BCUT2D eigenvalue weighted by molar-refractivity contribution is 0.0664. The summed E-state index contributed by atoms with van der Waals surface area (Å²) >= 11 is 0. The van der Waals surface area contributed by atoms with Crippen LogP contribution in [0.4, 0.5) is 5.69 Å². The first-order chi connectivity index (χ1) is 7.52. The molecule has 0 saturated heterocycles. The molecule has 2 rings (SSSR count). The third-order valence-corrected chi connectivity index (χ3v) is 2.61. The van der Waals surface area contributed by atoms with Crippen molar-refractivity contribution in [1.82, 2.24) is 0 Å². The summed E-state index contributed by atoms with van der Waals surface area (Å²) in [6.07, 6.45) is 0. The second-order valence-corrected chi connectivity index (χ2v) is 3.91. The number of fused-ring (bicyclic) bond motifs is 1. The SMILES string of the molecule is Cc1c(C(=O)O)oc2cccc(N(C)C)c12. The van der Waals surface area contributed by atoms with Gasteiger partial charge in [0.05, 0.1) is 0 Å². The molecule has 84 valence electrons. The van der Waals surface area contributed by atoms with Gasteiger partial charge in [-0.15, -0.1) is 0 Å². The van der Waals surface area contributed by atoms with Gasteiger partial charge in [0.15, 0.2) is 0 Å². The van der Waals surface area contributed by atoms with E-state index in [1.165, 1.54) is 0 Å². The standard InChI is InChI=1S/C12H13NO3/c1-7-10-8(13(2)3)5-4-6-9(10)16-11(7)12(14)15/h4-6H,1-3H3,(H,14,15). The van der Waals surface area contributed by atoms with Gasteiger partial charge in [-0.2, -0.15) is 0 Å². The minimum absolute atomic E-state index is 0.0179. The topological polar surface area (TPSA) is 53.7 Å². The van der Waals surface area contributed by atoms with Crippen LogP contribution >= 0.6 is 0 Å². The average Bonchev–Trinajstić information content (AvgIpc) is 2.56. The lowest BCUT2D eigenvalue weighted by Gasteiger charge is -2.13. The summed E-state index contributed by atoms with van der Waals surface area (Å²) in [7, 11) is 3.84. The van der Waals surface area contributed by atoms with Gasteiger partial charge in [-0.1, -0.05) is 6.07 Å². The molecule has 0 fully saturated rings. The van der Waals surface area contributed by atoms with Gasteiger partial charge in [-0.05, 0) is 19.1 Å². The average molecular weight is 219 g/mol. The normalized spacial score (nSPS) is 10.7. The summed E-state index contributed by atoms with van der Waals surface area (Å²) < 4.78 is 5.32. The Morgan fingerprint density at radius 1 is 1.38 bits per heavy atom. The van der Waals surface area contributed by atoms with Crippen LogP contribution in [0.1, 0.15) is 16.1 Å². The largest absolute Gasteiger partial charge is 0.475 e. The molecule has 1 aromatic heterocycles. The first-order valence-electron chi connectivity index (χ1n) is 4.95. The van der Waals surface area contributed by atoms with Crippen LogP contribution < -0.4 is 4.90 Å². The maximum atomic E-state index is 11.0. The predicted octanol–water partition coefficient (Wildman–Crippen LogP) is 2.51. The molecule has 0 aliphatic carbocycles. The Hall–Kier alpha value is -1.97. The van der Waals surface area contributed by atoms with Gasteiger partial charge in [-0.3, -0.25) is 0 Å². The number of rotatable bonds is 2. The van der Waals surface area contributed by atoms with E-state index in [-0.39, 0.29) is 5.76 Å². The van der Waals surface area contributed by atoms with Crippen molar-refractivity contribution in [2.45, 2.75) is 6.92 Å². The molecule has 0 atom stereocenters. The third kappa shape index (κ3) is 1.43. The molecule has 1 aromatic carbocycles. The van der Waals surface area contributed by atoms with E-state index in [0.717, 1.165) is 11.1 Å². The minimum Gasteiger partial charge on any atom is -0.475 e. The van der Waals surface area contributed by atoms with Crippen molar-refractivity contribution in [3.8, 4) is 0 Å². The van der Waals surface area contributed by atoms with Crippen LogP contribution in [-0.2, 0) is 0 Å². The van der Waals surface area contributed by atoms with Crippen LogP contribution in [0.3, 0.4) is 0 Å². The Morgan fingerprint density at radius 3 is 2.62 bits per heavy atom. The Bertz CT molecular complexity index is 555. The number of carbonyl (C=O) groups is 1. The van der Waals surface area contributed by atoms with Gasteiger partial charge in [0.2, 0.25) is 5.76 Å². The van der Waals surface area contributed by atoms with E-state index in [2.05, 4.69) is 0 Å². The van der Waals surface area contributed by atoms with Crippen LogP contribution in [-0.4, -0.2) is 25.2 Å².